The summed E-state index contributed by atoms with van der Waals surface area (Å²) >= 11 is 0. The number of nitrogens with two attached hydrogens (primary N) is 1. The minimum atomic E-state index is -1.17. The van der Waals surface area contributed by atoms with Crippen LogP contribution in [0.2, 0.25) is 0 Å². The molecule has 5 aromatic rings. The van der Waals surface area contributed by atoms with E-state index in [4.69, 9.17) is 5.73 Å². The maximum absolute atomic E-state index is 12.4. The van der Waals surface area contributed by atoms with Crippen LogP contribution in [0.5, 0.6) is 0 Å². The van der Waals surface area contributed by atoms with E-state index in [1.165, 1.54) is 10.8 Å². The van der Waals surface area contributed by atoms with Crippen molar-refractivity contribution >= 4 is 21.5 Å². The number of aliphatic hydroxyl groups is 1. The normalized spacial score (nSPS) is 12.8. The van der Waals surface area contributed by atoms with Gasteiger partial charge in [-0.15, -0.1) is 0 Å². The first-order chi connectivity index (χ1) is 16.0. The first-order valence-electron chi connectivity index (χ1n) is 11.5. The van der Waals surface area contributed by atoms with Gasteiger partial charge in [0.2, 0.25) is 0 Å². The summed E-state index contributed by atoms with van der Waals surface area (Å²) in [5, 5.41) is 17.0. The Labute approximate surface area is 195 Å². The highest BCUT2D eigenvalue weighted by atomic mass is 16.3. The van der Waals surface area contributed by atoms with Gasteiger partial charge in [0.05, 0.1) is 11.6 Å². The van der Waals surface area contributed by atoms with Crippen molar-refractivity contribution in [2.24, 2.45) is 5.73 Å². The molecule has 0 bridgehead atoms. The maximum atomic E-state index is 12.4. The number of aryl methyl sites for hydroxylation is 1. The summed E-state index contributed by atoms with van der Waals surface area (Å²) < 4.78 is 0. The molecule has 5 aromatic carbocycles. The van der Waals surface area contributed by atoms with E-state index in [9.17, 15) is 5.11 Å². The smallest absolute Gasteiger partial charge is 0.0920 e. The van der Waals surface area contributed by atoms with Crippen LogP contribution < -0.4 is 5.73 Å². The van der Waals surface area contributed by atoms with Crippen LogP contribution in [0.15, 0.2) is 109 Å². The lowest BCUT2D eigenvalue weighted by Gasteiger charge is -2.36. The molecular weight excluding hydrogens is 402 g/mol. The molecule has 0 fully saturated rings. The highest BCUT2D eigenvalue weighted by molar-refractivity contribution is 5.87. The lowest BCUT2D eigenvalue weighted by Crippen LogP contribution is -2.45. The zero-order chi connectivity index (χ0) is 22.8. The van der Waals surface area contributed by atoms with Crippen LogP contribution in [0.4, 0.5) is 0 Å². The van der Waals surface area contributed by atoms with Gasteiger partial charge in [0.15, 0.2) is 0 Å². The van der Waals surface area contributed by atoms with E-state index in [0.717, 1.165) is 33.0 Å². The zero-order valence-electron chi connectivity index (χ0n) is 18.9. The highest BCUT2D eigenvalue weighted by Gasteiger charge is 2.37. The van der Waals surface area contributed by atoms with Gasteiger partial charge < -0.3 is 10.8 Å². The summed E-state index contributed by atoms with van der Waals surface area (Å²) in [6, 6.07) is 36.9. The summed E-state index contributed by atoms with van der Waals surface area (Å²) in [7, 11) is 0. The Morgan fingerprint density at radius 1 is 0.636 bits per heavy atom. The molecular formula is C31H29NO. The molecule has 0 aromatic heterocycles. The van der Waals surface area contributed by atoms with Gasteiger partial charge in [-0.25, -0.2) is 0 Å². The summed E-state index contributed by atoms with van der Waals surface area (Å²) in [5.74, 6) is 0. The minimum absolute atomic E-state index is 0.465. The van der Waals surface area contributed by atoms with Crippen LogP contribution in [0.1, 0.15) is 28.3 Å². The van der Waals surface area contributed by atoms with Crippen LogP contribution in [0.3, 0.4) is 0 Å². The molecule has 0 aliphatic heterocycles. The molecule has 0 aliphatic carbocycles. The van der Waals surface area contributed by atoms with Crippen LogP contribution in [0, 0.1) is 6.92 Å². The second-order valence-electron chi connectivity index (χ2n) is 9.07. The lowest BCUT2D eigenvalue weighted by atomic mass is 9.77. The predicted octanol–water partition coefficient (Wildman–Crippen LogP) is 6.52. The molecule has 0 heterocycles. The van der Waals surface area contributed by atoms with Gasteiger partial charge in [-0.05, 0) is 50.7 Å². The van der Waals surface area contributed by atoms with Crippen LogP contribution >= 0.6 is 0 Å². The van der Waals surface area contributed by atoms with Gasteiger partial charge in [-0.3, -0.25) is 0 Å². The maximum Gasteiger partial charge on any atom is 0.0920 e. The lowest BCUT2D eigenvalue weighted by molar-refractivity contribution is 0.0140. The molecule has 0 saturated carbocycles. The second kappa shape index (κ2) is 8.82. The molecule has 1 atom stereocenters. The predicted molar refractivity (Wildman–Crippen MR) is 138 cm³/mol. The van der Waals surface area contributed by atoms with Crippen molar-refractivity contribution in [3.63, 3.8) is 0 Å². The average Bonchev–Trinajstić information content (AvgIpc) is 2.84. The van der Waals surface area contributed by atoms with Crippen molar-refractivity contribution in [2.45, 2.75) is 31.4 Å². The summed E-state index contributed by atoms with van der Waals surface area (Å²) in [4.78, 5) is 0. The van der Waals surface area contributed by atoms with E-state index >= 15 is 0 Å². The number of benzene rings is 5. The monoisotopic (exact) mass is 431 g/mol. The average molecular weight is 432 g/mol. The molecule has 0 saturated heterocycles. The quantitative estimate of drug-likeness (QED) is 0.322. The third-order valence-corrected chi connectivity index (χ3v) is 6.86. The van der Waals surface area contributed by atoms with E-state index in [-0.39, 0.29) is 0 Å². The molecule has 0 radical (unpaired) electrons. The molecule has 5 rings (SSSR count). The summed E-state index contributed by atoms with van der Waals surface area (Å²) in [6.07, 6.45) is 0.931. The second-order valence-corrected chi connectivity index (χ2v) is 9.07. The fraction of sp³-hybridized carbons (Fsp3) is 0.161. The van der Waals surface area contributed by atoms with Crippen molar-refractivity contribution in [3.8, 4) is 0 Å². The van der Waals surface area contributed by atoms with E-state index < -0.39 is 11.6 Å². The number of hydrogen-bond acceptors (Lipinski definition) is 2. The first-order valence-corrected chi connectivity index (χ1v) is 11.5. The Kier molecular flexibility index (Phi) is 5.72. The number of hydrogen-bond donors (Lipinski definition) is 2. The number of fused-ring (bicyclic) bond motifs is 2. The molecule has 3 N–H and O–H groups in total. The first kappa shape index (κ1) is 21.4. The molecule has 0 spiro atoms. The fourth-order valence-electron chi connectivity index (χ4n) is 5.06. The van der Waals surface area contributed by atoms with E-state index in [1.54, 1.807) is 0 Å². The Morgan fingerprint density at radius 3 is 1.64 bits per heavy atom. The van der Waals surface area contributed by atoms with Crippen molar-refractivity contribution in [1.82, 2.24) is 0 Å². The minimum Gasteiger partial charge on any atom is -0.387 e. The summed E-state index contributed by atoms with van der Waals surface area (Å²) in [6.45, 7) is 2.06. The van der Waals surface area contributed by atoms with E-state index in [0.29, 0.717) is 12.8 Å². The van der Waals surface area contributed by atoms with E-state index in [2.05, 4.69) is 85.8 Å². The largest absolute Gasteiger partial charge is 0.387 e. The van der Waals surface area contributed by atoms with Crippen molar-refractivity contribution in [2.75, 3.05) is 0 Å². The Balaban J connectivity index is 1.63. The van der Waals surface area contributed by atoms with Crippen molar-refractivity contribution in [1.29, 1.82) is 0 Å². The third kappa shape index (κ3) is 4.16. The zero-order valence-corrected chi connectivity index (χ0v) is 18.9. The molecule has 1 unspecified atom stereocenters. The molecule has 164 valence electrons. The fourth-order valence-corrected chi connectivity index (χ4v) is 5.06. The van der Waals surface area contributed by atoms with Gasteiger partial charge >= 0.3 is 0 Å². The van der Waals surface area contributed by atoms with Crippen molar-refractivity contribution < 1.29 is 5.11 Å². The molecule has 33 heavy (non-hydrogen) atoms. The Morgan fingerprint density at radius 2 is 1.09 bits per heavy atom. The number of rotatable bonds is 6. The van der Waals surface area contributed by atoms with E-state index in [1.807, 2.05) is 30.3 Å². The summed E-state index contributed by atoms with van der Waals surface area (Å²) in [5.41, 5.74) is 10.0. The van der Waals surface area contributed by atoms with Crippen LogP contribution in [-0.2, 0) is 12.8 Å². The molecule has 2 nitrogen and oxygen atoms in total. The van der Waals surface area contributed by atoms with Gasteiger partial charge in [-0.2, -0.15) is 0 Å². The SMILES string of the molecule is Cc1ccccc1C(N)C(O)(Cc1cccc2ccccc12)Cc1cccc2ccccc12. The molecule has 2 heteroatoms. The third-order valence-electron chi connectivity index (χ3n) is 6.86. The Bertz CT molecular complexity index is 1330. The standard InChI is InChI=1S/C31H29NO/c1-22-10-2-5-17-27(22)30(32)31(33,20-25-15-8-13-23-11-3-6-18-28(23)25)21-26-16-9-14-24-12-4-7-19-29(24)26/h2-19,30,33H,20-21,32H2,1H3. The van der Waals surface area contributed by atoms with Gasteiger partial charge in [0, 0.05) is 12.8 Å². The van der Waals surface area contributed by atoms with Crippen molar-refractivity contribution in [3.05, 3.63) is 131 Å². The van der Waals surface area contributed by atoms with Gasteiger partial charge in [-0.1, -0.05) is 109 Å². The van der Waals surface area contributed by atoms with Gasteiger partial charge in [0.25, 0.3) is 0 Å². The van der Waals surface area contributed by atoms with Crippen LogP contribution in [0.25, 0.3) is 21.5 Å². The topological polar surface area (TPSA) is 46.2 Å². The highest BCUT2D eigenvalue weighted by Crippen LogP contribution is 2.35. The Hall–Kier alpha value is -3.46. The molecule has 0 aliphatic rings. The van der Waals surface area contributed by atoms with Gasteiger partial charge in [0.1, 0.15) is 0 Å². The van der Waals surface area contributed by atoms with Crippen LogP contribution in [-0.4, -0.2) is 10.7 Å². The molecule has 0 amide bonds.